The minimum Gasteiger partial charge on any atom is -0.376 e. The van der Waals surface area contributed by atoms with E-state index in [0.29, 0.717) is 24.3 Å². The van der Waals surface area contributed by atoms with Gasteiger partial charge in [0.1, 0.15) is 0 Å². The summed E-state index contributed by atoms with van der Waals surface area (Å²) >= 11 is 0. The number of hydrogen-bond acceptors (Lipinski definition) is 4. The van der Waals surface area contributed by atoms with E-state index in [1.54, 1.807) is 50.2 Å². The maximum absolute atomic E-state index is 12.8. The van der Waals surface area contributed by atoms with E-state index < -0.39 is 10.0 Å². The lowest BCUT2D eigenvalue weighted by Gasteiger charge is -2.22. The Kier molecular flexibility index (Phi) is 6.39. The van der Waals surface area contributed by atoms with Crippen LogP contribution in [0.2, 0.25) is 0 Å². The van der Waals surface area contributed by atoms with E-state index in [9.17, 15) is 13.2 Å². The Morgan fingerprint density at radius 2 is 1.62 bits per heavy atom. The third kappa shape index (κ3) is 4.23. The topological polar surface area (TPSA) is 69.7 Å². The molecule has 0 fully saturated rings. The van der Waals surface area contributed by atoms with Crippen molar-refractivity contribution in [2.45, 2.75) is 18.7 Å². The summed E-state index contributed by atoms with van der Waals surface area (Å²) in [5.74, 6) is -0.286. The van der Waals surface area contributed by atoms with Crippen molar-refractivity contribution in [3.63, 3.8) is 0 Å². The third-order valence-electron chi connectivity index (χ3n) is 4.08. The van der Waals surface area contributed by atoms with Gasteiger partial charge in [0.2, 0.25) is 10.0 Å². The largest absolute Gasteiger partial charge is 0.376 e. The standard InChI is InChI=1S/C19H25N3O3S/c1-5-22(6-2)26(24,25)16-12-13-18(21(3)4)17(14-16)20-19(23)15-10-8-7-9-11-15/h7-14H,5-6H2,1-4H3,(H,20,23). The average molecular weight is 375 g/mol. The number of carbonyl (C=O) groups excluding carboxylic acids is 1. The summed E-state index contributed by atoms with van der Waals surface area (Å²) in [6.45, 7) is 4.38. The molecule has 2 rings (SSSR count). The van der Waals surface area contributed by atoms with Gasteiger partial charge in [-0.15, -0.1) is 0 Å². The fourth-order valence-electron chi connectivity index (χ4n) is 2.66. The molecule has 26 heavy (non-hydrogen) atoms. The number of sulfonamides is 1. The monoisotopic (exact) mass is 375 g/mol. The number of rotatable bonds is 7. The van der Waals surface area contributed by atoms with E-state index in [2.05, 4.69) is 5.32 Å². The van der Waals surface area contributed by atoms with Crippen LogP contribution in [0, 0.1) is 0 Å². The van der Waals surface area contributed by atoms with E-state index in [0.717, 1.165) is 5.69 Å². The predicted molar refractivity (Wildman–Crippen MR) is 105 cm³/mol. The molecule has 2 aromatic rings. The highest BCUT2D eigenvalue weighted by atomic mass is 32.2. The van der Waals surface area contributed by atoms with Gasteiger partial charge >= 0.3 is 0 Å². The number of carbonyl (C=O) groups is 1. The molecule has 1 N–H and O–H groups in total. The van der Waals surface area contributed by atoms with E-state index >= 15 is 0 Å². The van der Waals surface area contributed by atoms with Crippen LogP contribution in [0.4, 0.5) is 11.4 Å². The first kappa shape index (κ1) is 19.9. The van der Waals surface area contributed by atoms with Crippen LogP contribution in [0.1, 0.15) is 24.2 Å². The first-order valence-electron chi connectivity index (χ1n) is 8.49. The van der Waals surface area contributed by atoms with Gasteiger partial charge in [0, 0.05) is 32.7 Å². The van der Waals surface area contributed by atoms with Crippen LogP contribution in [0.25, 0.3) is 0 Å². The van der Waals surface area contributed by atoms with Gasteiger partial charge in [-0.3, -0.25) is 4.79 Å². The molecule has 0 aliphatic heterocycles. The van der Waals surface area contributed by atoms with E-state index in [1.807, 2.05) is 25.1 Å². The molecule has 7 heteroatoms. The summed E-state index contributed by atoms with van der Waals surface area (Å²) < 4.78 is 27.0. The van der Waals surface area contributed by atoms with Gasteiger partial charge in [-0.1, -0.05) is 32.0 Å². The van der Waals surface area contributed by atoms with Gasteiger partial charge in [-0.05, 0) is 30.3 Å². The number of benzene rings is 2. The van der Waals surface area contributed by atoms with Crippen LogP contribution in [0.3, 0.4) is 0 Å². The first-order valence-corrected chi connectivity index (χ1v) is 9.93. The summed E-state index contributed by atoms with van der Waals surface area (Å²) in [5, 5.41) is 2.83. The van der Waals surface area contributed by atoms with Crippen molar-refractivity contribution >= 4 is 27.3 Å². The minimum atomic E-state index is -3.60. The quantitative estimate of drug-likeness (QED) is 0.808. The molecule has 0 unspecified atom stereocenters. The highest BCUT2D eigenvalue weighted by Gasteiger charge is 2.23. The molecule has 0 atom stereocenters. The number of hydrogen-bond donors (Lipinski definition) is 1. The van der Waals surface area contributed by atoms with Crippen LogP contribution in [0.5, 0.6) is 0 Å². The van der Waals surface area contributed by atoms with Gasteiger partial charge in [-0.25, -0.2) is 8.42 Å². The molecule has 2 aromatic carbocycles. The van der Waals surface area contributed by atoms with Gasteiger partial charge < -0.3 is 10.2 Å². The third-order valence-corrected chi connectivity index (χ3v) is 6.12. The van der Waals surface area contributed by atoms with Gasteiger partial charge in [-0.2, -0.15) is 4.31 Å². The summed E-state index contributed by atoms with van der Waals surface area (Å²) in [6, 6.07) is 13.6. The summed E-state index contributed by atoms with van der Waals surface area (Å²) in [7, 11) is 0.0756. The zero-order chi connectivity index (χ0) is 19.3. The maximum Gasteiger partial charge on any atom is 0.255 e. The van der Waals surface area contributed by atoms with Crippen LogP contribution < -0.4 is 10.2 Å². The predicted octanol–water partition coefficient (Wildman–Crippen LogP) is 3.04. The van der Waals surface area contributed by atoms with Gasteiger partial charge in [0.05, 0.1) is 16.3 Å². The maximum atomic E-state index is 12.8. The van der Waals surface area contributed by atoms with Crippen molar-refractivity contribution in [1.82, 2.24) is 4.31 Å². The molecule has 0 aliphatic rings. The van der Waals surface area contributed by atoms with E-state index in [-0.39, 0.29) is 10.8 Å². The van der Waals surface area contributed by atoms with Crippen LogP contribution in [-0.4, -0.2) is 45.8 Å². The molecule has 0 spiro atoms. The highest BCUT2D eigenvalue weighted by Crippen LogP contribution is 2.29. The van der Waals surface area contributed by atoms with Gasteiger partial charge in [0.15, 0.2) is 0 Å². The van der Waals surface area contributed by atoms with Crippen molar-refractivity contribution < 1.29 is 13.2 Å². The van der Waals surface area contributed by atoms with Crippen molar-refractivity contribution in [3.05, 3.63) is 54.1 Å². The fourth-order valence-corrected chi connectivity index (χ4v) is 4.15. The molecule has 0 saturated carbocycles. The van der Waals surface area contributed by atoms with E-state index in [1.165, 1.54) is 10.4 Å². The lowest BCUT2D eigenvalue weighted by Crippen LogP contribution is -2.30. The summed E-state index contributed by atoms with van der Waals surface area (Å²) in [5.41, 5.74) is 1.69. The number of nitrogens with zero attached hydrogens (tertiary/aromatic N) is 2. The first-order chi connectivity index (χ1) is 12.3. The zero-order valence-corrected chi connectivity index (χ0v) is 16.4. The average Bonchev–Trinajstić information content (AvgIpc) is 2.63. The molecule has 6 nitrogen and oxygen atoms in total. The smallest absolute Gasteiger partial charge is 0.255 e. The SMILES string of the molecule is CCN(CC)S(=O)(=O)c1ccc(N(C)C)c(NC(=O)c2ccccc2)c1. The van der Waals surface area contributed by atoms with Crippen LogP contribution in [0.15, 0.2) is 53.4 Å². The molecule has 0 bridgehead atoms. The second-order valence-electron chi connectivity index (χ2n) is 5.98. The normalized spacial score (nSPS) is 11.4. The second kappa shape index (κ2) is 8.33. The van der Waals surface area contributed by atoms with Crippen LogP contribution in [-0.2, 0) is 10.0 Å². The molecule has 0 aliphatic carbocycles. The molecule has 0 heterocycles. The van der Waals surface area contributed by atoms with Crippen molar-refractivity contribution in [3.8, 4) is 0 Å². The van der Waals surface area contributed by atoms with Gasteiger partial charge in [0.25, 0.3) is 5.91 Å². The lowest BCUT2D eigenvalue weighted by atomic mass is 10.2. The Hall–Kier alpha value is -2.38. The Bertz CT molecular complexity index is 861. The molecule has 0 saturated heterocycles. The van der Waals surface area contributed by atoms with Crippen LogP contribution >= 0.6 is 0 Å². The number of anilines is 2. The molecular formula is C19H25N3O3S. The fraction of sp³-hybridized carbons (Fsp3) is 0.316. The van der Waals surface area contributed by atoms with E-state index in [4.69, 9.17) is 0 Å². The Balaban J connectivity index is 2.45. The Labute approximate surface area is 155 Å². The number of nitrogens with one attached hydrogen (secondary N) is 1. The zero-order valence-electron chi connectivity index (χ0n) is 15.6. The molecule has 0 radical (unpaired) electrons. The highest BCUT2D eigenvalue weighted by molar-refractivity contribution is 7.89. The molecule has 0 aromatic heterocycles. The van der Waals surface area contributed by atoms with Crippen molar-refractivity contribution in [2.24, 2.45) is 0 Å². The lowest BCUT2D eigenvalue weighted by molar-refractivity contribution is 0.102. The second-order valence-corrected chi connectivity index (χ2v) is 7.92. The minimum absolute atomic E-state index is 0.162. The Morgan fingerprint density at radius 3 is 2.15 bits per heavy atom. The number of amides is 1. The molecule has 1 amide bonds. The van der Waals surface area contributed by atoms with Crippen molar-refractivity contribution in [2.75, 3.05) is 37.4 Å². The Morgan fingerprint density at radius 1 is 1.00 bits per heavy atom. The molecular weight excluding hydrogens is 350 g/mol. The molecule has 140 valence electrons. The summed E-state index contributed by atoms with van der Waals surface area (Å²) in [6.07, 6.45) is 0. The van der Waals surface area contributed by atoms with Crippen molar-refractivity contribution in [1.29, 1.82) is 0 Å². The summed E-state index contributed by atoms with van der Waals surface area (Å²) in [4.78, 5) is 14.5.